The number of carbonyl (C=O) groups is 1. The first-order valence-electron chi connectivity index (χ1n) is 8.64. The van der Waals surface area contributed by atoms with E-state index in [1.807, 2.05) is 18.2 Å². The van der Waals surface area contributed by atoms with E-state index in [0.29, 0.717) is 11.5 Å². The van der Waals surface area contributed by atoms with Crippen LogP contribution in [0.25, 0.3) is 0 Å². The number of benzene rings is 2. The Kier molecular flexibility index (Phi) is 5.73. The van der Waals surface area contributed by atoms with Crippen LogP contribution in [0.1, 0.15) is 30.0 Å². The van der Waals surface area contributed by atoms with Crippen molar-refractivity contribution in [3.8, 4) is 11.5 Å². The van der Waals surface area contributed by atoms with Crippen LogP contribution in [0.2, 0.25) is 0 Å². The highest BCUT2D eigenvalue weighted by Gasteiger charge is 2.26. The van der Waals surface area contributed by atoms with Crippen LogP contribution in [-0.2, 0) is 11.3 Å². The maximum absolute atomic E-state index is 13.6. The monoisotopic (exact) mass is 358 g/mol. The average Bonchev–Trinajstić information content (AvgIpc) is 3.08. The van der Waals surface area contributed by atoms with E-state index in [9.17, 15) is 9.18 Å². The number of nitrogens with two attached hydrogens (primary N) is 1. The van der Waals surface area contributed by atoms with E-state index in [1.54, 1.807) is 25.3 Å². The molecule has 1 fully saturated rings. The zero-order valence-corrected chi connectivity index (χ0v) is 14.8. The summed E-state index contributed by atoms with van der Waals surface area (Å²) in [6.07, 6.45) is 2.10. The van der Waals surface area contributed by atoms with Crippen LogP contribution in [0.3, 0.4) is 0 Å². The molecule has 138 valence electrons. The van der Waals surface area contributed by atoms with Crippen molar-refractivity contribution in [1.29, 1.82) is 0 Å². The minimum Gasteiger partial charge on any atom is -0.493 e. The van der Waals surface area contributed by atoms with Crippen molar-refractivity contribution in [2.45, 2.75) is 25.4 Å². The van der Waals surface area contributed by atoms with Crippen LogP contribution in [-0.4, -0.2) is 31.1 Å². The maximum atomic E-state index is 13.6. The third-order valence-electron chi connectivity index (χ3n) is 4.58. The van der Waals surface area contributed by atoms with Gasteiger partial charge in [0.2, 0.25) is 0 Å². The molecule has 2 aromatic carbocycles. The van der Waals surface area contributed by atoms with Crippen molar-refractivity contribution in [2.75, 3.05) is 20.3 Å². The third-order valence-corrected chi connectivity index (χ3v) is 4.58. The Balaban J connectivity index is 1.74. The fourth-order valence-corrected chi connectivity index (χ4v) is 3.42. The largest absolute Gasteiger partial charge is 0.493 e. The molecule has 1 saturated heterocycles. The highest BCUT2D eigenvalue weighted by atomic mass is 19.1. The molecule has 1 aliphatic heterocycles. The molecule has 1 aliphatic rings. The molecule has 2 aromatic rings. The number of ether oxygens (including phenoxy) is 2. The summed E-state index contributed by atoms with van der Waals surface area (Å²) in [5.74, 6) is 0.307. The summed E-state index contributed by atoms with van der Waals surface area (Å²) in [5.41, 5.74) is 7.19. The van der Waals surface area contributed by atoms with Gasteiger partial charge in [-0.05, 0) is 54.8 Å². The van der Waals surface area contributed by atoms with E-state index >= 15 is 0 Å². The highest BCUT2D eigenvalue weighted by Crippen LogP contribution is 2.35. The van der Waals surface area contributed by atoms with Crippen LogP contribution in [0, 0.1) is 5.82 Å². The maximum Gasteiger partial charge on any atom is 0.255 e. The molecular formula is C20H23FN2O3. The molecule has 1 amide bonds. The lowest BCUT2D eigenvalue weighted by molar-refractivity contribution is -0.119. The summed E-state index contributed by atoms with van der Waals surface area (Å²) < 4.78 is 24.3. The van der Waals surface area contributed by atoms with Gasteiger partial charge in [-0.15, -0.1) is 0 Å². The second kappa shape index (κ2) is 8.19. The van der Waals surface area contributed by atoms with E-state index in [4.69, 9.17) is 15.2 Å². The number of hydrogen-bond acceptors (Lipinski definition) is 4. The zero-order chi connectivity index (χ0) is 18.5. The highest BCUT2D eigenvalue weighted by molar-refractivity contribution is 5.75. The van der Waals surface area contributed by atoms with Crippen LogP contribution >= 0.6 is 0 Å². The molecule has 1 atom stereocenters. The van der Waals surface area contributed by atoms with Crippen molar-refractivity contribution in [2.24, 2.45) is 5.73 Å². The molecule has 0 radical (unpaired) electrons. The number of amides is 1. The molecule has 0 aliphatic carbocycles. The van der Waals surface area contributed by atoms with E-state index < -0.39 is 5.91 Å². The van der Waals surface area contributed by atoms with Gasteiger partial charge in [0.25, 0.3) is 5.91 Å². The summed E-state index contributed by atoms with van der Waals surface area (Å²) in [5, 5.41) is 0. The minimum atomic E-state index is -0.536. The fourth-order valence-electron chi connectivity index (χ4n) is 3.42. The summed E-state index contributed by atoms with van der Waals surface area (Å²) in [4.78, 5) is 13.2. The van der Waals surface area contributed by atoms with Crippen molar-refractivity contribution in [3.05, 3.63) is 59.4 Å². The predicted octanol–water partition coefficient (Wildman–Crippen LogP) is 3.04. The number of nitrogens with zero attached hydrogens (tertiary/aromatic N) is 1. The van der Waals surface area contributed by atoms with Crippen LogP contribution in [0.15, 0.2) is 42.5 Å². The predicted molar refractivity (Wildman–Crippen MR) is 96.5 cm³/mol. The summed E-state index contributed by atoms with van der Waals surface area (Å²) in [6, 6.07) is 12.7. The third kappa shape index (κ3) is 4.32. The smallest absolute Gasteiger partial charge is 0.255 e. The molecule has 2 N–H and O–H groups in total. The normalized spacial score (nSPS) is 17.2. The lowest BCUT2D eigenvalue weighted by atomic mass is 10.0. The van der Waals surface area contributed by atoms with Crippen molar-refractivity contribution in [3.63, 3.8) is 0 Å². The molecule has 5 nitrogen and oxygen atoms in total. The standard InChI is InChI=1S/C20H23FN2O3/c1-25-19-10-14(7-8-18(19)26-13-20(22)24)12-23-9-3-6-17(23)15-4-2-5-16(21)11-15/h2,4-5,7-8,10-11,17H,3,6,9,12-13H2,1H3,(H2,22,24)/t17-/m0/s1. The van der Waals surface area contributed by atoms with Gasteiger partial charge in [0, 0.05) is 12.6 Å². The van der Waals surface area contributed by atoms with Gasteiger partial charge in [0.05, 0.1) is 7.11 Å². The molecule has 0 saturated carbocycles. The second-order valence-electron chi connectivity index (χ2n) is 6.42. The number of halogens is 1. The van der Waals surface area contributed by atoms with Crippen molar-refractivity contribution < 1.29 is 18.7 Å². The molecular weight excluding hydrogens is 335 g/mol. The van der Waals surface area contributed by atoms with Gasteiger partial charge in [0.1, 0.15) is 5.82 Å². The summed E-state index contributed by atoms with van der Waals surface area (Å²) in [7, 11) is 1.56. The Labute approximate surface area is 152 Å². The number of primary amides is 1. The molecule has 0 aromatic heterocycles. The van der Waals surface area contributed by atoms with E-state index in [-0.39, 0.29) is 18.5 Å². The number of rotatable bonds is 7. The first-order valence-corrected chi connectivity index (χ1v) is 8.64. The molecule has 0 unspecified atom stereocenters. The van der Waals surface area contributed by atoms with Crippen LogP contribution in [0.5, 0.6) is 11.5 Å². The van der Waals surface area contributed by atoms with E-state index in [1.165, 1.54) is 6.07 Å². The zero-order valence-electron chi connectivity index (χ0n) is 14.8. The van der Waals surface area contributed by atoms with Gasteiger partial charge in [0.15, 0.2) is 18.1 Å². The number of likely N-dealkylation sites (tertiary alicyclic amines) is 1. The SMILES string of the molecule is COc1cc(CN2CCC[C@H]2c2cccc(F)c2)ccc1OCC(N)=O. The number of hydrogen-bond donors (Lipinski definition) is 1. The molecule has 3 rings (SSSR count). The average molecular weight is 358 g/mol. The first kappa shape index (κ1) is 18.2. The van der Waals surface area contributed by atoms with Gasteiger partial charge in [-0.1, -0.05) is 18.2 Å². The second-order valence-corrected chi connectivity index (χ2v) is 6.42. The molecule has 0 spiro atoms. The quantitative estimate of drug-likeness (QED) is 0.826. The fraction of sp³-hybridized carbons (Fsp3) is 0.350. The Morgan fingerprint density at radius 3 is 2.85 bits per heavy atom. The van der Waals surface area contributed by atoms with E-state index in [2.05, 4.69) is 4.90 Å². The van der Waals surface area contributed by atoms with E-state index in [0.717, 1.165) is 37.1 Å². The van der Waals surface area contributed by atoms with Gasteiger partial charge in [-0.25, -0.2) is 4.39 Å². The first-order chi connectivity index (χ1) is 12.6. The Morgan fingerprint density at radius 2 is 2.12 bits per heavy atom. The Hall–Kier alpha value is -2.60. The number of methoxy groups -OCH3 is 1. The molecule has 0 bridgehead atoms. The van der Waals surface area contributed by atoms with Gasteiger partial charge in [-0.3, -0.25) is 9.69 Å². The lowest BCUT2D eigenvalue weighted by Crippen LogP contribution is -2.23. The minimum absolute atomic E-state index is 0.191. The number of carbonyl (C=O) groups excluding carboxylic acids is 1. The Morgan fingerprint density at radius 1 is 1.27 bits per heavy atom. The van der Waals surface area contributed by atoms with Gasteiger partial charge in [-0.2, -0.15) is 0 Å². The molecule has 26 heavy (non-hydrogen) atoms. The van der Waals surface area contributed by atoms with Gasteiger partial charge >= 0.3 is 0 Å². The molecule has 6 heteroatoms. The molecule has 1 heterocycles. The summed E-state index contributed by atoms with van der Waals surface area (Å²) >= 11 is 0. The Bertz CT molecular complexity index is 781. The van der Waals surface area contributed by atoms with Crippen molar-refractivity contribution >= 4 is 5.91 Å². The van der Waals surface area contributed by atoms with Gasteiger partial charge < -0.3 is 15.2 Å². The lowest BCUT2D eigenvalue weighted by Gasteiger charge is -2.25. The summed E-state index contributed by atoms with van der Waals surface area (Å²) in [6.45, 7) is 1.50. The van der Waals surface area contributed by atoms with Crippen LogP contribution < -0.4 is 15.2 Å². The van der Waals surface area contributed by atoms with Crippen LogP contribution in [0.4, 0.5) is 4.39 Å². The topological polar surface area (TPSA) is 64.8 Å². The van der Waals surface area contributed by atoms with Crippen molar-refractivity contribution in [1.82, 2.24) is 4.90 Å².